The Morgan fingerprint density at radius 1 is 1.00 bits per heavy atom. The van der Waals surface area contributed by atoms with Gasteiger partial charge in [-0.1, -0.05) is 17.7 Å². The SMILES string of the molecule is Cc1ccc(S(=O)(=O)[C@H]2C[C@H]3C[C@@H]2[C@H]2COC[C@H]32)cc1. The molecule has 5 atom stereocenters. The highest BCUT2D eigenvalue weighted by Gasteiger charge is 2.58. The van der Waals surface area contributed by atoms with Crippen LogP contribution in [0.2, 0.25) is 0 Å². The fourth-order valence-electron chi connectivity index (χ4n) is 4.64. The third-order valence-electron chi connectivity index (χ3n) is 5.66. The number of fused-ring (bicyclic) bond motifs is 5. The zero-order valence-electron chi connectivity index (χ0n) is 11.7. The topological polar surface area (TPSA) is 43.4 Å². The average molecular weight is 292 g/mol. The molecule has 3 aliphatic rings. The lowest BCUT2D eigenvalue weighted by Gasteiger charge is -2.29. The first kappa shape index (κ1) is 12.8. The van der Waals surface area contributed by atoms with E-state index >= 15 is 0 Å². The summed E-state index contributed by atoms with van der Waals surface area (Å²) >= 11 is 0. The molecular formula is C16H20O3S. The van der Waals surface area contributed by atoms with Crippen LogP contribution in [0, 0.1) is 30.6 Å². The molecule has 3 fully saturated rings. The highest BCUT2D eigenvalue weighted by molar-refractivity contribution is 7.92. The number of hydrogen-bond acceptors (Lipinski definition) is 3. The summed E-state index contributed by atoms with van der Waals surface area (Å²) in [5, 5.41) is -0.182. The van der Waals surface area contributed by atoms with Crippen molar-refractivity contribution in [2.75, 3.05) is 13.2 Å². The zero-order valence-corrected chi connectivity index (χ0v) is 12.5. The first-order valence-corrected chi connectivity index (χ1v) is 9.00. The fourth-order valence-corrected chi connectivity index (χ4v) is 6.78. The second-order valence-corrected chi connectivity index (χ2v) is 8.82. The third-order valence-corrected chi connectivity index (χ3v) is 7.93. The molecule has 0 radical (unpaired) electrons. The van der Waals surface area contributed by atoms with E-state index in [2.05, 4.69) is 0 Å². The molecule has 1 heterocycles. The van der Waals surface area contributed by atoms with E-state index in [4.69, 9.17) is 4.74 Å². The lowest BCUT2D eigenvalue weighted by Crippen LogP contribution is -2.35. The summed E-state index contributed by atoms with van der Waals surface area (Å²) in [7, 11) is -3.18. The average Bonchev–Trinajstić information content (AvgIpc) is 3.12. The first-order chi connectivity index (χ1) is 9.57. The van der Waals surface area contributed by atoms with Crippen LogP contribution in [0.1, 0.15) is 18.4 Å². The lowest BCUT2D eigenvalue weighted by atomic mass is 9.81. The summed E-state index contributed by atoms with van der Waals surface area (Å²) in [6.45, 7) is 3.60. The van der Waals surface area contributed by atoms with Crippen molar-refractivity contribution < 1.29 is 13.2 Å². The van der Waals surface area contributed by atoms with E-state index in [-0.39, 0.29) is 5.25 Å². The van der Waals surface area contributed by atoms with Crippen molar-refractivity contribution in [3.63, 3.8) is 0 Å². The summed E-state index contributed by atoms with van der Waals surface area (Å²) in [5.41, 5.74) is 1.10. The molecule has 0 spiro atoms. The Bertz CT molecular complexity index is 620. The van der Waals surface area contributed by atoms with Crippen LogP contribution in [0.4, 0.5) is 0 Å². The molecular weight excluding hydrogens is 272 g/mol. The standard InChI is InChI=1S/C16H20O3S/c1-10-2-4-12(5-3-10)20(17,18)16-7-11-6-13(16)15-9-19-8-14(11)15/h2-5,11,13-16H,6-9H2,1H3/t11-,13-,14-,15-,16+/m1/s1. The smallest absolute Gasteiger partial charge is 0.181 e. The molecule has 108 valence electrons. The Balaban J connectivity index is 1.66. The van der Waals surface area contributed by atoms with Gasteiger partial charge in [0.05, 0.1) is 23.4 Å². The van der Waals surface area contributed by atoms with Gasteiger partial charge in [0.2, 0.25) is 0 Å². The molecule has 4 rings (SSSR count). The van der Waals surface area contributed by atoms with Gasteiger partial charge in [0, 0.05) is 0 Å². The van der Waals surface area contributed by atoms with Gasteiger partial charge in [-0.2, -0.15) is 0 Å². The molecule has 0 N–H and O–H groups in total. The quantitative estimate of drug-likeness (QED) is 0.841. The highest BCUT2D eigenvalue weighted by Crippen LogP contribution is 2.57. The van der Waals surface area contributed by atoms with Gasteiger partial charge in [-0.05, 0) is 55.6 Å². The number of aryl methyl sites for hydroxylation is 1. The van der Waals surface area contributed by atoms with Crippen LogP contribution in [0.5, 0.6) is 0 Å². The van der Waals surface area contributed by atoms with Crippen molar-refractivity contribution in [3.05, 3.63) is 29.8 Å². The van der Waals surface area contributed by atoms with Crippen molar-refractivity contribution in [3.8, 4) is 0 Å². The van der Waals surface area contributed by atoms with Crippen molar-refractivity contribution >= 4 is 9.84 Å². The van der Waals surface area contributed by atoms with Gasteiger partial charge in [0.15, 0.2) is 9.84 Å². The Morgan fingerprint density at radius 2 is 1.70 bits per heavy atom. The van der Waals surface area contributed by atoms with Crippen LogP contribution in [0.15, 0.2) is 29.2 Å². The fraction of sp³-hybridized carbons (Fsp3) is 0.625. The largest absolute Gasteiger partial charge is 0.381 e. The van der Waals surface area contributed by atoms with Gasteiger partial charge in [0.25, 0.3) is 0 Å². The minimum atomic E-state index is -3.18. The predicted molar refractivity (Wildman–Crippen MR) is 76.2 cm³/mol. The molecule has 20 heavy (non-hydrogen) atoms. The second-order valence-electron chi connectivity index (χ2n) is 6.66. The van der Waals surface area contributed by atoms with Gasteiger partial charge in [-0.15, -0.1) is 0 Å². The van der Waals surface area contributed by atoms with Crippen LogP contribution < -0.4 is 0 Å². The maximum Gasteiger partial charge on any atom is 0.181 e. The minimum Gasteiger partial charge on any atom is -0.381 e. The van der Waals surface area contributed by atoms with E-state index in [1.807, 2.05) is 19.1 Å². The van der Waals surface area contributed by atoms with Crippen LogP contribution in [0.3, 0.4) is 0 Å². The molecule has 2 aliphatic carbocycles. The maximum absolute atomic E-state index is 12.9. The summed E-state index contributed by atoms with van der Waals surface area (Å²) in [6, 6.07) is 7.31. The Morgan fingerprint density at radius 3 is 2.45 bits per heavy atom. The summed E-state index contributed by atoms with van der Waals surface area (Å²) in [5.74, 6) is 2.00. The van der Waals surface area contributed by atoms with Gasteiger partial charge in [-0.25, -0.2) is 8.42 Å². The van der Waals surface area contributed by atoms with Crippen LogP contribution in [0.25, 0.3) is 0 Å². The Hall–Kier alpha value is -0.870. The van der Waals surface area contributed by atoms with Gasteiger partial charge < -0.3 is 4.74 Å². The zero-order chi connectivity index (χ0) is 13.9. The highest BCUT2D eigenvalue weighted by atomic mass is 32.2. The molecule has 0 amide bonds. The minimum absolute atomic E-state index is 0.182. The number of benzene rings is 1. The predicted octanol–water partition coefficient (Wildman–Crippen LogP) is 2.44. The van der Waals surface area contributed by atoms with E-state index in [9.17, 15) is 8.42 Å². The van der Waals surface area contributed by atoms with Crippen molar-refractivity contribution in [2.45, 2.75) is 29.9 Å². The summed E-state index contributed by atoms with van der Waals surface area (Å²) in [6.07, 6.45) is 1.93. The van der Waals surface area contributed by atoms with Crippen molar-refractivity contribution in [2.24, 2.45) is 23.7 Å². The van der Waals surface area contributed by atoms with Gasteiger partial charge in [-0.3, -0.25) is 0 Å². The van der Waals surface area contributed by atoms with Crippen LogP contribution in [-0.4, -0.2) is 26.9 Å². The van der Waals surface area contributed by atoms with E-state index in [1.165, 1.54) is 0 Å². The Kier molecular flexibility index (Phi) is 2.77. The van der Waals surface area contributed by atoms with Gasteiger partial charge >= 0.3 is 0 Å². The van der Waals surface area contributed by atoms with Crippen molar-refractivity contribution in [1.82, 2.24) is 0 Å². The molecule has 2 saturated carbocycles. The second kappa shape index (κ2) is 4.31. The summed E-state index contributed by atoms with van der Waals surface area (Å²) < 4.78 is 31.3. The molecule has 1 aromatic carbocycles. The molecule has 4 heteroatoms. The number of hydrogen-bond donors (Lipinski definition) is 0. The monoisotopic (exact) mass is 292 g/mol. The number of rotatable bonds is 2. The maximum atomic E-state index is 12.9. The third kappa shape index (κ3) is 1.70. The lowest BCUT2D eigenvalue weighted by molar-refractivity contribution is 0.164. The van der Waals surface area contributed by atoms with Crippen LogP contribution >= 0.6 is 0 Å². The van der Waals surface area contributed by atoms with Crippen LogP contribution in [-0.2, 0) is 14.6 Å². The van der Waals surface area contributed by atoms with E-state index < -0.39 is 9.84 Å². The van der Waals surface area contributed by atoms with E-state index in [0.29, 0.717) is 28.6 Å². The van der Waals surface area contributed by atoms with E-state index in [0.717, 1.165) is 31.6 Å². The van der Waals surface area contributed by atoms with E-state index in [1.54, 1.807) is 12.1 Å². The first-order valence-electron chi connectivity index (χ1n) is 7.45. The van der Waals surface area contributed by atoms with Crippen molar-refractivity contribution in [1.29, 1.82) is 0 Å². The number of ether oxygens (including phenoxy) is 1. The molecule has 3 nitrogen and oxygen atoms in total. The normalized spacial score (nSPS) is 39.1. The molecule has 0 unspecified atom stereocenters. The molecule has 1 aromatic rings. The molecule has 0 aromatic heterocycles. The molecule has 1 aliphatic heterocycles. The molecule has 1 saturated heterocycles. The molecule has 2 bridgehead atoms. The Labute approximate surface area is 120 Å². The number of sulfone groups is 1. The van der Waals surface area contributed by atoms with Gasteiger partial charge in [0.1, 0.15) is 0 Å². The summed E-state index contributed by atoms with van der Waals surface area (Å²) in [4.78, 5) is 0.496.